The molecule has 0 atom stereocenters. The van der Waals surface area contributed by atoms with Crippen LogP contribution in [-0.2, 0) is 9.13 Å². The molecule has 0 aliphatic carbocycles. The minimum Gasteiger partial charge on any atom is -0.268 e. The van der Waals surface area contributed by atoms with Crippen LogP contribution in [0.5, 0.6) is 0 Å². The van der Waals surface area contributed by atoms with Crippen molar-refractivity contribution in [2.75, 3.05) is 0 Å². The molecule has 5 heteroatoms. The molecule has 0 saturated heterocycles. The highest BCUT2D eigenvalue weighted by Gasteiger charge is 1.94. The Bertz CT molecular complexity index is 240. The van der Waals surface area contributed by atoms with Gasteiger partial charge in [0, 0.05) is 0 Å². The fourth-order valence-corrected chi connectivity index (χ4v) is 1.18. The van der Waals surface area contributed by atoms with Crippen LogP contribution in [0.3, 0.4) is 0 Å². The lowest BCUT2D eigenvalue weighted by Gasteiger charge is -1.86. The molecule has 0 spiro atoms. The van der Waals surface area contributed by atoms with Gasteiger partial charge >= 0.3 is 0 Å². The van der Waals surface area contributed by atoms with E-state index in [1.165, 1.54) is 0 Å². The van der Waals surface area contributed by atoms with Gasteiger partial charge in [-0.3, -0.25) is 9.13 Å². The van der Waals surface area contributed by atoms with Crippen molar-refractivity contribution in [1.82, 2.24) is 4.98 Å². The summed E-state index contributed by atoms with van der Waals surface area (Å²) in [5, 5.41) is 0. The van der Waals surface area contributed by atoms with Crippen LogP contribution >= 0.6 is 16.9 Å². The average molecular weight is 171 g/mol. The van der Waals surface area contributed by atoms with Gasteiger partial charge in [0.15, 0.2) is 0 Å². The third-order valence-corrected chi connectivity index (χ3v) is 1.78. The zero-order valence-electron chi connectivity index (χ0n) is 4.89. The highest BCUT2D eigenvalue weighted by Crippen LogP contribution is 1.93. The molecule has 1 rings (SSSR count). The fraction of sp³-hybridized carbons (Fsp3) is 0. The summed E-state index contributed by atoms with van der Waals surface area (Å²) >= 11 is 0. The molecule has 0 aliphatic heterocycles. The first-order chi connectivity index (χ1) is 4.86. The molecule has 0 N–H and O–H groups in total. The molecule has 0 unspecified atom stereocenters. The van der Waals surface area contributed by atoms with Gasteiger partial charge in [-0.1, -0.05) is 6.07 Å². The summed E-state index contributed by atoms with van der Waals surface area (Å²) in [6.45, 7) is 0. The minimum absolute atomic E-state index is 0.141. The van der Waals surface area contributed by atoms with E-state index in [0.717, 1.165) is 0 Å². The van der Waals surface area contributed by atoms with Crippen molar-refractivity contribution in [2.24, 2.45) is 0 Å². The fourth-order valence-electron chi connectivity index (χ4n) is 0.514. The molecule has 50 valence electrons. The quantitative estimate of drug-likeness (QED) is 0.621. The molecule has 0 bridgehead atoms. The van der Waals surface area contributed by atoms with Gasteiger partial charge in [0.25, 0.3) is 0 Å². The van der Waals surface area contributed by atoms with Crippen molar-refractivity contribution >= 4 is 27.8 Å². The maximum Gasteiger partial charge on any atom is 0.212 e. The topological polar surface area (TPSA) is 47.0 Å². The highest BCUT2D eigenvalue weighted by atomic mass is 31.1. The molecule has 1 heterocycles. The Morgan fingerprint density at radius 3 is 2.00 bits per heavy atom. The lowest BCUT2D eigenvalue weighted by Crippen LogP contribution is -2.08. The zero-order chi connectivity index (χ0) is 7.40. The third kappa shape index (κ3) is 1.66. The lowest BCUT2D eigenvalue weighted by molar-refractivity contribution is 0.602. The van der Waals surface area contributed by atoms with E-state index in [4.69, 9.17) is 0 Å². The molecular weight excluding hydrogens is 168 g/mol. The lowest BCUT2D eigenvalue weighted by atomic mass is 10.5. The smallest absolute Gasteiger partial charge is 0.212 e. The molecule has 10 heavy (non-hydrogen) atoms. The van der Waals surface area contributed by atoms with Crippen molar-refractivity contribution in [2.45, 2.75) is 0 Å². The number of rotatable bonds is 2. The first kappa shape index (κ1) is 7.46. The normalized spacial score (nSPS) is 10.4. The van der Waals surface area contributed by atoms with Gasteiger partial charge in [-0.2, -0.15) is 0 Å². The summed E-state index contributed by atoms with van der Waals surface area (Å²) in [7, 11) is -0.281. The van der Waals surface area contributed by atoms with Crippen LogP contribution < -0.4 is 10.9 Å². The molecule has 0 amide bonds. The van der Waals surface area contributed by atoms with E-state index in [1.54, 1.807) is 18.2 Å². The second-order valence-corrected chi connectivity index (χ2v) is 2.82. The number of hydrogen-bond acceptors (Lipinski definition) is 3. The van der Waals surface area contributed by atoms with Crippen LogP contribution in [0.4, 0.5) is 0 Å². The Labute approximate surface area is 60.9 Å². The molecule has 1 aromatic heterocycles. The van der Waals surface area contributed by atoms with E-state index in [0.29, 0.717) is 10.9 Å². The Hall–Kier alpha value is -0.650. The second kappa shape index (κ2) is 3.50. The van der Waals surface area contributed by atoms with Crippen molar-refractivity contribution in [3.05, 3.63) is 18.2 Å². The molecule has 0 saturated carbocycles. The van der Waals surface area contributed by atoms with Crippen molar-refractivity contribution < 1.29 is 9.13 Å². The maximum atomic E-state index is 10.2. The predicted molar refractivity (Wildman–Crippen MR) is 38.7 cm³/mol. The SMILES string of the molecule is O=Pc1cccc(P=O)n1. The molecule has 0 aromatic carbocycles. The summed E-state index contributed by atoms with van der Waals surface area (Å²) in [5.41, 5.74) is 0.807. The first-order valence-electron chi connectivity index (χ1n) is 2.50. The Morgan fingerprint density at radius 2 is 1.60 bits per heavy atom. The van der Waals surface area contributed by atoms with Crippen molar-refractivity contribution in [3.63, 3.8) is 0 Å². The molecule has 3 nitrogen and oxygen atoms in total. The summed E-state index contributed by atoms with van der Waals surface area (Å²) in [6.07, 6.45) is 0. The Morgan fingerprint density at radius 1 is 1.10 bits per heavy atom. The van der Waals surface area contributed by atoms with E-state index in [9.17, 15) is 9.13 Å². The van der Waals surface area contributed by atoms with Crippen LogP contribution in [0, 0.1) is 0 Å². The molecular formula is C5H3NO2P2. The van der Waals surface area contributed by atoms with Crippen LogP contribution in [0.1, 0.15) is 0 Å². The average Bonchev–Trinajstić information content (AvgIpc) is 2.05. The van der Waals surface area contributed by atoms with Crippen molar-refractivity contribution in [3.8, 4) is 0 Å². The van der Waals surface area contributed by atoms with Crippen LogP contribution in [0.15, 0.2) is 18.2 Å². The van der Waals surface area contributed by atoms with Gasteiger partial charge < -0.3 is 0 Å². The van der Waals surface area contributed by atoms with E-state index >= 15 is 0 Å². The van der Waals surface area contributed by atoms with Crippen LogP contribution in [0.25, 0.3) is 0 Å². The number of nitrogens with zero attached hydrogens (tertiary/aromatic N) is 1. The van der Waals surface area contributed by atoms with E-state index in [1.807, 2.05) is 0 Å². The zero-order valence-corrected chi connectivity index (χ0v) is 6.68. The highest BCUT2D eigenvalue weighted by molar-refractivity contribution is 7.35. The summed E-state index contributed by atoms with van der Waals surface area (Å²) < 4.78 is 20.4. The van der Waals surface area contributed by atoms with Crippen LogP contribution in [0.2, 0.25) is 0 Å². The Kier molecular flexibility index (Phi) is 2.61. The predicted octanol–water partition coefficient (Wildman–Crippen LogP) is 0.916. The number of hydrogen-bond donors (Lipinski definition) is 0. The van der Waals surface area contributed by atoms with Crippen LogP contribution in [-0.4, -0.2) is 4.98 Å². The van der Waals surface area contributed by atoms with Gasteiger partial charge in [0.2, 0.25) is 16.9 Å². The number of aromatic nitrogens is 1. The van der Waals surface area contributed by atoms with E-state index in [-0.39, 0.29) is 16.9 Å². The molecule has 0 fully saturated rings. The monoisotopic (exact) mass is 171 g/mol. The largest absolute Gasteiger partial charge is 0.268 e. The summed E-state index contributed by atoms with van der Waals surface area (Å²) in [4.78, 5) is 3.76. The van der Waals surface area contributed by atoms with Gasteiger partial charge in [-0.25, -0.2) is 4.98 Å². The molecule has 0 radical (unpaired) electrons. The number of pyridine rings is 1. The van der Waals surface area contributed by atoms with Crippen molar-refractivity contribution in [1.29, 1.82) is 0 Å². The van der Waals surface area contributed by atoms with E-state index < -0.39 is 0 Å². The van der Waals surface area contributed by atoms with Gasteiger partial charge in [-0.05, 0) is 12.1 Å². The second-order valence-electron chi connectivity index (χ2n) is 1.54. The first-order valence-corrected chi connectivity index (χ1v) is 4.13. The standard InChI is InChI=1S/C5H3NO2P2/c7-9-4-2-1-3-5(6-4)10-8/h1-3H. The summed E-state index contributed by atoms with van der Waals surface area (Å²) in [5.74, 6) is 0. The molecule has 0 aliphatic rings. The van der Waals surface area contributed by atoms with Gasteiger partial charge in [0.05, 0.1) is 0 Å². The summed E-state index contributed by atoms with van der Waals surface area (Å²) in [6, 6.07) is 4.86. The third-order valence-electron chi connectivity index (χ3n) is 0.907. The minimum atomic E-state index is -0.141. The maximum absolute atomic E-state index is 10.2. The van der Waals surface area contributed by atoms with E-state index in [2.05, 4.69) is 4.98 Å². The molecule has 1 aromatic rings. The Balaban J connectivity index is 3.09. The van der Waals surface area contributed by atoms with Gasteiger partial charge in [0.1, 0.15) is 10.9 Å². The van der Waals surface area contributed by atoms with Gasteiger partial charge in [-0.15, -0.1) is 0 Å².